The number of rotatable bonds is 4. The van der Waals surface area contributed by atoms with Crippen molar-refractivity contribution in [3.63, 3.8) is 0 Å². The summed E-state index contributed by atoms with van der Waals surface area (Å²) in [6, 6.07) is -0.703. The minimum Gasteiger partial charge on any atom is -0.480 e. The molecule has 2 heterocycles. The Labute approximate surface area is 117 Å². The zero-order valence-corrected chi connectivity index (χ0v) is 12.2. The predicted molar refractivity (Wildman–Crippen MR) is 72.9 cm³/mol. The van der Waals surface area contributed by atoms with E-state index in [0.29, 0.717) is 12.4 Å². The van der Waals surface area contributed by atoms with Gasteiger partial charge in [-0.1, -0.05) is 20.3 Å². The Morgan fingerprint density at radius 2 is 2.21 bits per heavy atom. The molecule has 2 fully saturated rings. The van der Waals surface area contributed by atoms with Crippen molar-refractivity contribution >= 4 is 23.6 Å². The standard InChI is InChI=1S/C13H21NO4S/c1-3-4-10-14(9(7-19-10)13(16)17)12(15)11-8(2)5-6-18-11/h8-11H,3-7H2,1-2H3,(H,16,17). The molecule has 1 N–H and O–H groups in total. The van der Waals surface area contributed by atoms with Crippen LogP contribution in [0.15, 0.2) is 0 Å². The lowest BCUT2D eigenvalue weighted by atomic mass is 10.0. The van der Waals surface area contributed by atoms with Crippen LogP contribution in [0.5, 0.6) is 0 Å². The minimum absolute atomic E-state index is 0.0185. The second-order valence-corrected chi connectivity index (χ2v) is 6.44. The van der Waals surface area contributed by atoms with Crippen molar-refractivity contribution in [1.29, 1.82) is 0 Å². The highest BCUT2D eigenvalue weighted by atomic mass is 32.2. The molecule has 0 aromatic heterocycles. The molecule has 0 aromatic carbocycles. The number of hydrogen-bond donors (Lipinski definition) is 1. The first-order chi connectivity index (χ1) is 9.06. The van der Waals surface area contributed by atoms with Crippen LogP contribution < -0.4 is 0 Å². The Morgan fingerprint density at radius 1 is 1.47 bits per heavy atom. The highest BCUT2D eigenvalue weighted by Gasteiger charge is 2.45. The average molecular weight is 287 g/mol. The van der Waals surface area contributed by atoms with Crippen molar-refractivity contribution in [3.8, 4) is 0 Å². The molecule has 2 aliphatic heterocycles. The van der Waals surface area contributed by atoms with Gasteiger partial charge >= 0.3 is 5.97 Å². The van der Waals surface area contributed by atoms with E-state index in [1.54, 1.807) is 16.7 Å². The van der Waals surface area contributed by atoms with Crippen LogP contribution in [0, 0.1) is 5.92 Å². The summed E-state index contributed by atoms with van der Waals surface area (Å²) in [7, 11) is 0. The monoisotopic (exact) mass is 287 g/mol. The molecule has 0 aromatic rings. The van der Waals surface area contributed by atoms with E-state index >= 15 is 0 Å². The van der Waals surface area contributed by atoms with E-state index in [2.05, 4.69) is 0 Å². The summed E-state index contributed by atoms with van der Waals surface area (Å²) in [5.41, 5.74) is 0. The fourth-order valence-corrected chi connectivity index (χ4v) is 4.20. The van der Waals surface area contributed by atoms with Gasteiger partial charge in [-0.05, 0) is 18.8 Å². The number of thioether (sulfide) groups is 1. The molecule has 108 valence electrons. The van der Waals surface area contributed by atoms with Gasteiger partial charge in [0.25, 0.3) is 5.91 Å². The van der Waals surface area contributed by atoms with Gasteiger partial charge in [0.05, 0.1) is 5.37 Å². The van der Waals surface area contributed by atoms with E-state index in [4.69, 9.17) is 4.74 Å². The molecule has 0 saturated carbocycles. The number of carboxylic acids is 1. The van der Waals surface area contributed by atoms with Gasteiger partial charge in [-0.25, -0.2) is 4.79 Å². The average Bonchev–Trinajstić information content (AvgIpc) is 2.95. The Hall–Kier alpha value is -0.750. The Morgan fingerprint density at radius 3 is 2.74 bits per heavy atom. The molecular formula is C13H21NO4S. The number of aliphatic carboxylic acids is 1. The fourth-order valence-electron chi connectivity index (χ4n) is 2.68. The molecule has 4 atom stereocenters. The molecule has 0 radical (unpaired) electrons. The minimum atomic E-state index is -0.912. The number of carbonyl (C=O) groups is 2. The molecule has 0 bridgehead atoms. The fraction of sp³-hybridized carbons (Fsp3) is 0.846. The van der Waals surface area contributed by atoms with E-state index in [-0.39, 0.29) is 17.2 Å². The number of carbonyl (C=O) groups excluding carboxylic acids is 1. The van der Waals surface area contributed by atoms with Gasteiger partial charge in [0.15, 0.2) is 0 Å². The summed E-state index contributed by atoms with van der Waals surface area (Å²) in [6.45, 7) is 4.63. The van der Waals surface area contributed by atoms with Crippen molar-refractivity contribution < 1.29 is 19.4 Å². The SMILES string of the molecule is CCCC1SCC(C(=O)O)N1C(=O)C1OCCC1C. The lowest BCUT2D eigenvalue weighted by molar-refractivity contribution is -0.154. The number of amides is 1. The zero-order chi connectivity index (χ0) is 14.0. The summed E-state index contributed by atoms with van der Waals surface area (Å²) in [5.74, 6) is -0.395. The number of ether oxygens (including phenoxy) is 1. The summed E-state index contributed by atoms with van der Waals surface area (Å²) >= 11 is 1.57. The van der Waals surface area contributed by atoms with Gasteiger partial charge in [-0.15, -0.1) is 11.8 Å². The lowest BCUT2D eigenvalue weighted by Crippen LogP contribution is -2.50. The van der Waals surface area contributed by atoms with Gasteiger partial charge in [-0.3, -0.25) is 4.79 Å². The van der Waals surface area contributed by atoms with Crippen LogP contribution in [-0.4, -0.2) is 51.8 Å². The summed E-state index contributed by atoms with van der Waals surface area (Å²) in [6.07, 6.45) is 2.18. The number of nitrogens with zero attached hydrogens (tertiary/aromatic N) is 1. The van der Waals surface area contributed by atoms with Crippen molar-refractivity contribution in [3.05, 3.63) is 0 Å². The molecule has 6 heteroatoms. The second-order valence-electron chi connectivity index (χ2n) is 5.23. The maximum absolute atomic E-state index is 12.6. The van der Waals surface area contributed by atoms with Crippen molar-refractivity contribution in [2.45, 2.75) is 50.6 Å². The molecule has 4 unspecified atom stereocenters. The summed E-state index contributed by atoms with van der Waals surface area (Å²) in [4.78, 5) is 25.5. The highest BCUT2D eigenvalue weighted by Crippen LogP contribution is 2.35. The van der Waals surface area contributed by atoms with Crippen LogP contribution in [0.1, 0.15) is 33.1 Å². The van der Waals surface area contributed by atoms with Gasteiger partial charge in [-0.2, -0.15) is 0 Å². The third kappa shape index (κ3) is 2.89. The smallest absolute Gasteiger partial charge is 0.327 e. The lowest BCUT2D eigenvalue weighted by Gasteiger charge is -2.30. The van der Waals surface area contributed by atoms with Crippen LogP contribution >= 0.6 is 11.8 Å². The van der Waals surface area contributed by atoms with Crippen LogP contribution in [0.3, 0.4) is 0 Å². The zero-order valence-electron chi connectivity index (χ0n) is 11.4. The summed E-state index contributed by atoms with van der Waals surface area (Å²) < 4.78 is 5.50. The molecule has 1 amide bonds. The van der Waals surface area contributed by atoms with Crippen molar-refractivity contribution in [2.24, 2.45) is 5.92 Å². The van der Waals surface area contributed by atoms with E-state index < -0.39 is 18.1 Å². The molecule has 2 saturated heterocycles. The highest BCUT2D eigenvalue weighted by molar-refractivity contribution is 8.00. The van der Waals surface area contributed by atoms with E-state index in [9.17, 15) is 14.7 Å². The van der Waals surface area contributed by atoms with Gasteiger partial charge in [0.2, 0.25) is 0 Å². The predicted octanol–water partition coefficient (Wildman–Crippen LogP) is 1.57. The topological polar surface area (TPSA) is 66.8 Å². The van der Waals surface area contributed by atoms with Crippen LogP contribution in [0.2, 0.25) is 0 Å². The third-order valence-electron chi connectivity index (χ3n) is 3.80. The van der Waals surface area contributed by atoms with E-state index in [1.165, 1.54) is 0 Å². The molecule has 2 rings (SSSR count). The van der Waals surface area contributed by atoms with Crippen LogP contribution in [0.4, 0.5) is 0 Å². The first-order valence-electron chi connectivity index (χ1n) is 6.84. The van der Waals surface area contributed by atoms with Gasteiger partial charge in [0.1, 0.15) is 12.1 Å². The Kier molecular flexibility index (Phi) is 4.73. The largest absolute Gasteiger partial charge is 0.480 e. The van der Waals surface area contributed by atoms with Gasteiger partial charge in [0, 0.05) is 12.4 Å². The van der Waals surface area contributed by atoms with E-state index in [1.807, 2.05) is 13.8 Å². The maximum Gasteiger partial charge on any atom is 0.327 e. The normalized spacial score (nSPS) is 34.7. The first kappa shape index (κ1) is 14.7. The van der Waals surface area contributed by atoms with Crippen molar-refractivity contribution in [2.75, 3.05) is 12.4 Å². The first-order valence-corrected chi connectivity index (χ1v) is 7.89. The Balaban J connectivity index is 2.15. The second kappa shape index (κ2) is 6.13. The number of carboxylic acid groups (broad SMARTS) is 1. The van der Waals surface area contributed by atoms with E-state index in [0.717, 1.165) is 19.3 Å². The number of hydrogen-bond acceptors (Lipinski definition) is 4. The van der Waals surface area contributed by atoms with Crippen LogP contribution in [-0.2, 0) is 14.3 Å². The molecule has 5 nitrogen and oxygen atoms in total. The molecule has 0 spiro atoms. The van der Waals surface area contributed by atoms with Gasteiger partial charge < -0.3 is 14.7 Å². The molecule has 2 aliphatic rings. The summed E-state index contributed by atoms with van der Waals surface area (Å²) in [5, 5.41) is 9.26. The molecular weight excluding hydrogens is 266 g/mol. The van der Waals surface area contributed by atoms with Crippen molar-refractivity contribution in [1.82, 2.24) is 4.90 Å². The molecule has 0 aliphatic carbocycles. The van der Waals surface area contributed by atoms with Crippen LogP contribution in [0.25, 0.3) is 0 Å². The maximum atomic E-state index is 12.6. The Bertz CT molecular complexity index is 363. The third-order valence-corrected chi connectivity index (χ3v) is 5.15. The molecule has 19 heavy (non-hydrogen) atoms. The quantitative estimate of drug-likeness (QED) is 0.850.